The van der Waals surface area contributed by atoms with E-state index in [1.807, 2.05) is 19.9 Å². The number of nitrogens with one attached hydrogen (secondary N) is 2. The molecule has 1 aromatic heterocycles. The molecular formula is C20H20F2N6O3S. The molecule has 0 aliphatic carbocycles. The first-order valence-corrected chi connectivity index (χ1v) is 10.3. The van der Waals surface area contributed by atoms with Crippen LogP contribution in [0.3, 0.4) is 0 Å². The Labute approximate surface area is 186 Å². The predicted molar refractivity (Wildman–Crippen MR) is 116 cm³/mol. The second-order valence-corrected chi connectivity index (χ2v) is 7.56. The lowest BCUT2D eigenvalue weighted by atomic mass is 10.1. The van der Waals surface area contributed by atoms with Crippen molar-refractivity contribution in [1.29, 1.82) is 0 Å². The highest BCUT2D eigenvalue weighted by atomic mass is 32.2. The lowest BCUT2D eigenvalue weighted by molar-refractivity contribution is -0.117. The number of anilines is 1. The molecule has 168 valence electrons. The van der Waals surface area contributed by atoms with Crippen molar-refractivity contribution in [2.24, 2.45) is 0 Å². The lowest BCUT2D eigenvalue weighted by Gasteiger charge is -2.10. The van der Waals surface area contributed by atoms with E-state index in [1.165, 1.54) is 24.3 Å². The summed E-state index contributed by atoms with van der Waals surface area (Å²) in [5, 5.41) is 13.0. The summed E-state index contributed by atoms with van der Waals surface area (Å²) in [6, 6.07) is 10.5. The summed E-state index contributed by atoms with van der Waals surface area (Å²) in [5.41, 5.74) is 3.05. The minimum absolute atomic E-state index is 0.00256. The SMILES string of the molecule is Cc1cccc(NC(=O)NC(=O)CSc2nnc(-c3ccc(OC(F)F)cc3)n2N)c1C. The standard InChI is InChI=1S/C20H20F2N6O3S/c1-11-4-3-5-15(12(11)2)24-19(30)25-16(29)10-32-20-27-26-17(28(20)23)13-6-8-14(9-7-13)31-18(21)22/h3-9,18H,10,23H2,1-2H3,(H2,24,25,29,30). The zero-order valence-corrected chi connectivity index (χ0v) is 18.0. The summed E-state index contributed by atoms with van der Waals surface area (Å²) in [7, 11) is 0. The lowest BCUT2D eigenvalue weighted by Crippen LogP contribution is -2.35. The summed E-state index contributed by atoms with van der Waals surface area (Å²) >= 11 is 0.985. The van der Waals surface area contributed by atoms with Crippen LogP contribution in [0.1, 0.15) is 11.1 Å². The monoisotopic (exact) mass is 462 g/mol. The van der Waals surface area contributed by atoms with Crippen LogP contribution < -0.4 is 21.2 Å². The molecule has 0 bridgehead atoms. The molecule has 0 aliphatic rings. The maximum Gasteiger partial charge on any atom is 0.387 e. The average molecular weight is 462 g/mol. The Balaban J connectivity index is 1.55. The minimum atomic E-state index is -2.92. The number of carbonyl (C=O) groups is 2. The summed E-state index contributed by atoms with van der Waals surface area (Å²) in [4.78, 5) is 24.2. The molecule has 0 aliphatic heterocycles. The molecule has 0 fully saturated rings. The van der Waals surface area contributed by atoms with Gasteiger partial charge in [-0.05, 0) is 55.3 Å². The van der Waals surface area contributed by atoms with Crippen LogP contribution in [0.2, 0.25) is 0 Å². The quantitative estimate of drug-likeness (QED) is 0.363. The summed E-state index contributed by atoms with van der Waals surface area (Å²) in [5.74, 6) is 5.57. The molecule has 1 heterocycles. The van der Waals surface area contributed by atoms with Crippen LogP contribution in [0, 0.1) is 13.8 Å². The van der Waals surface area contributed by atoms with Gasteiger partial charge in [-0.25, -0.2) is 9.47 Å². The first-order valence-electron chi connectivity index (χ1n) is 9.30. The third kappa shape index (κ3) is 5.72. The van der Waals surface area contributed by atoms with Crippen molar-refractivity contribution in [3.63, 3.8) is 0 Å². The topological polar surface area (TPSA) is 124 Å². The van der Waals surface area contributed by atoms with Gasteiger partial charge in [-0.2, -0.15) is 8.78 Å². The Hall–Kier alpha value is -3.67. The van der Waals surface area contributed by atoms with E-state index in [1.54, 1.807) is 12.1 Å². The van der Waals surface area contributed by atoms with Crippen LogP contribution in [-0.4, -0.2) is 39.2 Å². The minimum Gasteiger partial charge on any atom is -0.435 e. The molecule has 0 atom stereocenters. The molecule has 3 rings (SSSR count). The smallest absolute Gasteiger partial charge is 0.387 e. The van der Waals surface area contributed by atoms with Gasteiger partial charge in [0.2, 0.25) is 11.1 Å². The number of nitrogen functional groups attached to an aromatic ring is 1. The molecule has 3 amide bonds. The van der Waals surface area contributed by atoms with Crippen molar-refractivity contribution in [3.05, 3.63) is 53.6 Å². The van der Waals surface area contributed by atoms with Crippen molar-refractivity contribution in [3.8, 4) is 17.1 Å². The van der Waals surface area contributed by atoms with Crippen LogP contribution in [0.15, 0.2) is 47.6 Å². The van der Waals surface area contributed by atoms with E-state index in [-0.39, 0.29) is 22.5 Å². The highest BCUT2D eigenvalue weighted by Gasteiger charge is 2.16. The van der Waals surface area contributed by atoms with Gasteiger partial charge in [0.15, 0.2) is 5.82 Å². The fourth-order valence-corrected chi connectivity index (χ4v) is 3.35. The number of halogens is 2. The van der Waals surface area contributed by atoms with Crippen molar-refractivity contribution in [2.75, 3.05) is 16.9 Å². The molecule has 0 unspecified atom stereocenters. The van der Waals surface area contributed by atoms with Gasteiger partial charge in [0.05, 0.1) is 5.75 Å². The normalized spacial score (nSPS) is 10.8. The van der Waals surface area contributed by atoms with Crippen molar-refractivity contribution in [1.82, 2.24) is 20.2 Å². The van der Waals surface area contributed by atoms with Gasteiger partial charge in [0, 0.05) is 11.3 Å². The maximum absolute atomic E-state index is 12.3. The van der Waals surface area contributed by atoms with E-state index >= 15 is 0 Å². The highest BCUT2D eigenvalue weighted by molar-refractivity contribution is 7.99. The molecule has 0 saturated heterocycles. The number of hydrogen-bond donors (Lipinski definition) is 3. The van der Waals surface area contributed by atoms with Crippen molar-refractivity contribution >= 4 is 29.4 Å². The van der Waals surface area contributed by atoms with Gasteiger partial charge < -0.3 is 15.9 Å². The van der Waals surface area contributed by atoms with Crippen LogP contribution >= 0.6 is 11.8 Å². The van der Waals surface area contributed by atoms with Gasteiger partial charge in [-0.3, -0.25) is 10.1 Å². The zero-order chi connectivity index (χ0) is 23.3. The number of hydrogen-bond acceptors (Lipinski definition) is 7. The molecule has 0 saturated carbocycles. The number of ether oxygens (including phenoxy) is 1. The average Bonchev–Trinajstić information content (AvgIpc) is 3.10. The van der Waals surface area contributed by atoms with Crippen LogP contribution in [-0.2, 0) is 4.79 Å². The number of aryl methyl sites for hydroxylation is 1. The van der Waals surface area contributed by atoms with Gasteiger partial charge in [-0.1, -0.05) is 23.9 Å². The number of alkyl halides is 2. The van der Waals surface area contributed by atoms with E-state index in [9.17, 15) is 18.4 Å². The molecule has 2 aromatic carbocycles. The van der Waals surface area contributed by atoms with E-state index in [2.05, 4.69) is 25.6 Å². The summed E-state index contributed by atoms with van der Waals surface area (Å²) < 4.78 is 30.0. The van der Waals surface area contributed by atoms with Crippen molar-refractivity contribution < 1.29 is 23.1 Å². The van der Waals surface area contributed by atoms with E-state index in [4.69, 9.17) is 5.84 Å². The molecule has 32 heavy (non-hydrogen) atoms. The molecule has 9 nitrogen and oxygen atoms in total. The second kappa shape index (κ2) is 10.1. The fraction of sp³-hybridized carbons (Fsp3) is 0.200. The third-order valence-corrected chi connectivity index (χ3v) is 5.38. The number of imide groups is 1. The fourth-order valence-electron chi connectivity index (χ4n) is 2.69. The largest absolute Gasteiger partial charge is 0.435 e. The predicted octanol–water partition coefficient (Wildman–Crippen LogP) is 3.32. The van der Waals surface area contributed by atoms with Crippen LogP contribution in [0.4, 0.5) is 19.3 Å². The van der Waals surface area contributed by atoms with Crippen LogP contribution in [0.5, 0.6) is 5.75 Å². The molecule has 3 aromatic rings. The number of amides is 3. The van der Waals surface area contributed by atoms with E-state index in [0.29, 0.717) is 11.3 Å². The Morgan fingerprint density at radius 3 is 2.56 bits per heavy atom. The van der Waals surface area contributed by atoms with Crippen LogP contribution in [0.25, 0.3) is 11.4 Å². The Morgan fingerprint density at radius 2 is 1.88 bits per heavy atom. The number of urea groups is 1. The number of benzene rings is 2. The summed E-state index contributed by atoms with van der Waals surface area (Å²) in [6.07, 6.45) is 0. The summed E-state index contributed by atoms with van der Waals surface area (Å²) in [6.45, 7) is 0.868. The van der Waals surface area contributed by atoms with E-state index < -0.39 is 18.5 Å². The highest BCUT2D eigenvalue weighted by Crippen LogP contribution is 2.24. The number of aromatic nitrogens is 3. The molecule has 12 heteroatoms. The Morgan fingerprint density at radius 1 is 1.16 bits per heavy atom. The Kier molecular flexibility index (Phi) is 7.25. The zero-order valence-electron chi connectivity index (χ0n) is 17.1. The number of thioether (sulfide) groups is 1. The Bertz CT molecular complexity index is 1120. The molecule has 0 radical (unpaired) electrons. The first-order chi connectivity index (χ1) is 15.2. The number of nitrogens with zero attached hydrogens (tertiary/aromatic N) is 3. The molecule has 0 spiro atoms. The van der Waals surface area contributed by atoms with Gasteiger partial charge >= 0.3 is 12.6 Å². The van der Waals surface area contributed by atoms with Gasteiger partial charge in [0.1, 0.15) is 5.75 Å². The van der Waals surface area contributed by atoms with Gasteiger partial charge in [0.25, 0.3) is 0 Å². The van der Waals surface area contributed by atoms with E-state index in [0.717, 1.165) is 27.6 Å². The number of carbonyl (C=O) groups excluding carboxylic acids is 2. The van der Waals surface area contributed by atoms with Gasteiger partial charge in [-0.15, -0.1) is 10.2 Å². The third-order valence-electron chi connectivity index (χ3n) is 4.44. The number of nitrogens with two attached hydrogens (primary N) is 1. The molecular weight excluding hydrogens is 442 g/mol. The van der Waals surface area contributed by atoms with Crippen molar-refractivity contribution in [2.45, 2.75) is 25.6 Å². The molecule has 4 N–H and O–H groups in total. The number of rotatable bonds is 7. The first kappa shape index (κ1) is 23.0. The second-order valence-electron chi connectivity index (χ2n) is 6.62. The maximum atomic E-state index is 12.3.